The smallest absolute Gasteiger partial charge is 0.120 e. The molecule has 0 N–H and O–H groups in total. The van der Waals surface area contributed by atoms with E-state index in [-0.39, 0.29) is 5.41 Å². The predicted octanol–water partition coefficient (Wildman–Crippen LogP) is 7.48. The Bertz CT molecular complexity index is 1030. The van der Waals surface area contributed by atoms with E-state index in [2.05, 4.69) is 97.0 Å². The van der Waals surface area contributed by atoms with Gasteiger partial charge in [-0.2, -0.15) is 11.3 Å². The van der Waals surface area contributed by atoms with Crippen molar-refractivity contribution in [3.63, 3.8) is 0 Å². The van der Waals surface area contributed by atoms with Gasteiger partial charge in [-0.05, 0) is 79.4 Å². The van der Waals surface area contributed by atoms with E-state index < -0.39 is 0 Å². The molecule has 2 aromatic heterocycles. The summed E-state index contributed by atoms with van der Waals surface area (Å²) in [7, 11) is 0. The van der Waals surface area contributed by atoms with E-state index in [1.54, 1.807) is 22.7 Å². The largest absolute Gasteiger partial charge is 0.489 e. The maximum Gasteiger partial charge on any atom is 0.120 e. The summed E-state index contributed by atoms with van der Waals surface area (Å²) in [5.41, 5.74) is 3.82. The molecule has 1 aromatic carbocycles. The molecular formula is C27H31NOS2. The van der Waals surface area contributed by atoms with Crippen LogP contribution in [0.2, 0.25) is 0 Å². The van der Waals surface area contributed by atoms with Crippen LogP contribution < -0.4 is 4.74 Å². The number of nitrogens with zero attached hydrogens (tertiary/aromatic N) is 1. The molecule has 4 heteroatoms. The maximum absolute atomic E-state index is 6.08. The minimum atomic E-state index is 0.0454. The van der Waals surface area contributed by atoms with Gasteiger partial charge in [0, 0.05) is 34.5 Å². The third-order valence-electron chi connectivity index (χ3n) is 4.63. The molecule has 31 heavy (non-hydrogen) atoms. The number of allylic oxidation sites excluding steroid dienone is 1. The average Bonchev–Trinajstić information content (AvgIpc) is 3.42. The highest BCUT2D eigenvalue weighted by molar-refractivity contribution is 7.14. The van der Waals surface area contributed by atoms with Gasteiger partial charge in [-0.1, -0.05) is 37.0 Å². The molecule has 2 nitrogen and oxygen atoms in total. The molecule has 0 aliphatic rings. The Morgan fingerprint density at radius 2 is 1.97 bits per heavy atom. The lowest BCUT2D eigenvalue weighted by Crippen LogP contribution is -2.22. The van der Waals surface area contributed by atoms with Crippen molar-refractivity contribution in [1.29, 1.82) is 0 Å². The number of thiophene rings is 2. The van der Waals surface area contributed by atoms with Gasteiger partial charge < -0.3 is 4.74 Å². The van der Waals surface area contributed by atoms with Crippen LogP contribution in [0.1, 0.15) is 38.8 Å². The van der Waals surface area contributed by atoms with Crippen LogP contribution in [0.4, 0.5) is 0 Å². The lowest BCUT2D eigenvalue weighted by molar-refractivity contribution is 0.299. The fourth-order valence-corrected chi connectivity index (χ4v) is 4.62. The maximum atomic E-state index is 6.08. The zero-order valence-corrected chi connectivity index (χ0v) is 20.5. The molecule has 0 aliphatic heterocycles. The normalized spacial score (nSPS) is 11.6. The van der Waals surface area contributed by atoms with E-state index >= 15 is 0 Å². The molecule has 3 aromatic rings. The average molecular weight is 450 g/mol. The number of benzene rings is 1. The van der Waals surface area contributed by atoms with E-state index in [0.717, 1.165) is 25.4 Å². The molecule has 0 bridgehead atoms. The zero-order chi connectivity index (χ0) is 22.1. The van der Waals surface area contributed by atoms with Gasteiger partial charge in [0.15, 0.2) is 0 Å². The second-order valence-electron chi connectivity index (χ2n) is 8.52. The summed E-state index contributed by atoms with van der Waals surface area (Å²) in [4.78, 5) is 3.69. The molecule has 0 spiro atoms. The minimum absolute atomic E-state index is 0.0454. The highest BCUT2D eigenvalue weighted by Gasteiger charge is 2.06. The fourth-order valence-electron chi connectivity index (χ4n) is 2.99. The summed E-state index contributed by atoms with van der Waals surface area (Å²) in [6, 6.07) is 12.8. The van der Waals surface area contributed by atoms with Crippen molar-refractivity contribution in [3.05, 3.63) is 75.8 Å². The number of ether oxygens (including phenoxy) is 1. The van der Waals surface area contributed by atoms with Crippen molar-refractivity contribution >= 4 is 22.7 Å². The van der Waals surface area contributed by atoms with Crippen molar-refractivity contribution in [2.45, 2.75) is 40.8 Å². The van der Waals surface area contributed by atoms with Crippen LogP contribution >= 0.6 is 22.7 Å². The predicted molar refractivity (Wildman–Crippen MR) is 136 cm³/mol. The van der Waals surface area contributed by atoms with Crippen LogP contribution in [0.15, 0.2) is 64.7 Å². The first kappa shape index (κ1) is 23.3. The Balaban J connectivity index is 1.53. The molecule has 0 saturated carbocycles. The molecule has 0 aliphatic carbocycles. The summed E-state index contributed by atoms with van der Waals surface area (Å²) in [5, 5.41) is 6.49. The standard InChI is InChI=1S/C27H31NOS2/c1-5-28(14-8-6-7-13-27(2,3)4)18-22-10-9-11-25(16-22)29-19-23-17-26(31-20-23)24-12-15-30-21-24/h6,8-12,15-17,20-21H,5,14,18-19H2,1-4H3/b8-6+. The Labute approximate surface area is 195 Å². The summed E-state index contributed by atoms with van der Waals surface area (Å²) < 4.78 is 6.08. The third-order valence-corrected chi connectivity index (χ3v) is 6.34. The molecule has 0 atom stereocenters. The minimum Gasteiger partial charge on any atom is -0.489 e. The molecule has 3 rings (SSSR count). The van der Waals surface area contributed by atoms with Crippen molar-refractivity contribution in [2.75, 3.05) is 13.1 Å². The Morgan fingerprint density at radius 3 is 2.71 bits per heavy atom. The number of rotatable bonds is 9. The highest BCUT2D eigenvalue weighted by Crippen LogP contribution is 2.29. The van der Waals surface area contributed by atoms with Gasteiger partial charge in [0.25, 0.3) is 0 Å². The second kappa shape index (κ2) is 11.3. The summed E-state index contributed by atoms with van der Waals surface area (Å²) in [5.74, 6) is 7.30. The van der Waals surface area contributed by atoms with Crippen molar-refractivity contribution in [1.82, 2.24) is 4.90 Å². The van der Waals surface area contributed by atoms with Gasteiger partial charge in [0.1, 0.15) is 12.4 Å². The fraction of sp³-hybridized carbons (Fsp3) is 0.333. The first-order valence-electron chi connectivity index (χ1n) is 10.6. The van der Waals surface area contributed by atoms with Gasteiger partial charge in [-0.25, -0.2) is 0 Å². The van der Waals surface area contributed by atoms with E-state index in [0.29, 0.717) is 6.61 Å². The van der Waals surface area contributed by atoms with Gasteiger partial charge in [0.05, 0.1) is 0 Å². The van der Waals surface area contributed by atoms with E-state index in [4.69, 9.17) is 4.74 Å². The second-order valence-corrected chi connectivity index (χ2v) is 10.2. The third kappa shape index (κ3) is 8.03. The Hall–Kier alpha value is -2.32. The van der Waals surface area contributed by atoms with E-state index in [9.17, 15) is 0 Å². The zero-order valence-electron chi connectivity index (χ0n) is 18.9. The van der Waals surface area contributed by atoms with Gasteiger partial charge in [-0.15, -0.1) is 11.3 Å². The van der Waals surface area contributed by atoms with Crippen molar-refractivity contribution in [3.8, 4) is 28.0 Å². The topological polar surface area (TPSA) is 12.5 Å². The monoisotopic (exact) mass is 449 g/mol. The molecular weight excluding hydrogens is 418 g/mol. The number of hydrogen-bond donors (Lipinski definition) is 0. The van der Waals surface area contributed by atoms with Crippen LogP contribution in [0.3, 0.4) is 0 Å². The van der Waals surface area contributed by atoms with Crippen LogP contribution in [-0.2, 0) is 13.2 Å². The van der Waals surface area contributed by atoms with Crippen LogP contribution in [0, 0.1) is 17.3 Å². The number of likely N-dealkylation sites (N-methyl/N-ethyl adjacent to an activating group) is 1. The summed E-state index contributed by atoms with van der Waals surface area (Å²) in [6.45, 7) is 11.9. The first-order chi connectivity index (χ1) is 14.9. The quantitative estimate of drug-likeness (QED) is 0.314. The van der Waals surface area contributed by atoms with Crippen LogP contribution in [0.25, 0.3) is 10.4 Å². The summed E-state index contributed by atoms with van der Waals surface area (Å²) in [6.07, 6.45) is 4.11. The number of hydrogen-bond acceptors (Lipinski definition) is 4. The Morgan fingerprint density at radius 1 is 1.10 bits per heavy atom. The van der Waals surface area contributed by atoms with Gasteiger partial charge >= 0.3 is 0 Å². The van der Waals surface area contributed by atoms with Crippen molar-refractivity contribution in [2.24, 2.45) is 5.41 Å². The van der Waals surface area contributed by atoms with Crippen LogP contribution in [0.5, 0.6) is 5.75 Å². The first-order valence-corrected chi connectivity index (χ1v) is 12.5. The van der Waals surface area contributed by atoms with E-state index in [1.165, 1.54) is 21.6 Å². The van der Waals surface area contributed by atoms with Gasteiger partial charge in [-0.3, -0.25) is 4.90 Å². The highest BCUT2D eigenvalue weighted by atomic mass is 32.1. The Kier molecular flexibility index (Phi) is 8.54. The molecule has 0 radical (unpaired) electrons. The lowest BCUT2D eigenvalue weighted by atomic mass is 9.98. The van der Waals surface area contributed by atoms with E-state index in [1.807, 2.05) is 12.1 Å². The molecule has 0 unspecified atom stereocenters. The molecule has 162 valence electrons. The molecule has 2 heterocycles. The molecule has 0 saturated heterocycles. The molecule has 0 amide bonds. The van der Waals surface area contributed by atoms with Crippen molar-refractivity contribution < 1.29 is 4.74 Å². The van der Waals surface area contributed by atoms with Gasteiger partial charge in [0.2, 0.25) is 0 Å². The summed E-state index contributed by atoms with van der Waals surface area (Å²) >= 11 is 3.50. The SMILES string of the molecule is CCN(C/C=C/C#CC(C)(C)C)Cc1cccc(OCc2csc(-c3ccsc3)c2)c1. The van der Waals surface area contributed by atoms with Crippen LogP contribution in [-0.4, -0.2) is 18.0 Å². The lowest BCUT2D eigenvalue weighted by Gasteiger charge is -2.19. The molecule has 0 fully saturated rings.